The van der Waals surface area contributed by atoms with Crippen molar-refractivity contribution in [2.45, 2.75) is 84.0 Å². The molecular weight excluding hydrogens is 344 g/mol. The van der Waals surface area contributed by atoms with Crippen molar-refractivity contribution in [2.24, 2.45) is 5.92 Å². The van der Waals surface area contributed by atoms with Crippen LogP contribution in [0.5, 0.6) is 0 Å². The van der Waals surface area contributed by atoms with Crippen molar-refractivity contribution in [1.29, 1.82) is 0 Å². The minimum Gasteiger partial charge on any atom is -0.462 e. The van der Waals surface area contributed by atoms with Crippen LogP contribution in [0.4, 0.5) is 0 Å². The second-order valence-electron chi connectivity index (χ2n) is 8.15. The Labute approximate surface area is 162 Å². The maximum absolute atomic E-state index is 12.4. The van der Waals surface area contributed by atoms with Gasteiger partial charge < -0.3 is 14.6 Å². The standard InChI is InChI=1S/C22H32O5/c1-14-8-6-9-15(2)12-19(26-17(4)23)18-13-20(27-21(24)16(18)3)22(5,25)11-7-10-14/h9-10,18-20,25H,3,6-8,11-13H2,1-2,4-5H3/b14-10+,15-9+/t18-,19+,20-,22-/m0/s1. The van der Waals surface area contributed by atoms with Crippen molar-refractivity contribution in [3.8, 4) is 0 Å². The molecule has 0 aromatic rings. The Kier molecular flexibility index (Phi) is 7.04. The highest BCUT2D eigenvalue weighted by Gasteiger charge is 2.45. The number of esters is 2. The number of hydrogen-bond donors (Lipinski definition) is 1. The van der Waals surface area contributed by atoms with Gasteiger partial charge in [0.15, 0.2) is 0 Å². The van der Waals surface area contributed by atoms with Gasteiger partial charge in [0.05, 0.1) is 5.60 Å². The average molecular weight is 376 g/mol. The number of aliphatic hydroxyl groups is 1. The third kappa shape index (κ3) is 5.80. The van der Waals surface area contributed by atoms with E-state index in [1.54, 1.807) is 6.92 Å². The van der Waals surface area contributed by atoms with Gasteiger partial charge in [0, 0.05) is 24.8 Å². The minimum atomic E-state index is -1.15. The summed E-state index contributed by atoms with van der Waals surface area (Å²) in [4.78, 5) is 24.1. The Hall–Kier alpha value is -1.88. The highest BCUT2D eigenvalue weighted by molar-refractivity contribution is 5.89. The van der Waals surface area contributed by atoms with Crippen LogP contribution in [0.2, 0.25) is 0 Å². The molecule has 1 saturated heterocycles. The van der Waals surface area contributed by atoms with Crippen LogP contribution in [0.15, 0.2) is 35.5 Å². The van der Waals surface area contributed by atoms with Crippen LogP contribution >= 0.6 is 0 Å². The Bertz CT molecular complexity index is 656. The molecule has 2 aliphatic rings. The fraction of sp³-hybridized carbons (Fsp3) is 0.636. The molecule has 0 aromatic carbocycles. The molecule has 27 heavy (non-hydrogen) atoms. The van der Waals surface area contributed by atoms with E-state index in [-0.39, 0.29) is 11.9 Å². The molecule has 0 amide bonds. The molecular formula is C22H32O5. The monoisotopic (exact) mass is 376 g/mol. The number of carbonyl (C=O) groups excluding carboxylic acids is 2. The molecule has 1 aliphatic heterocycles. The zero-order valence-electron chi connectivity index (χ0n) is 16.9. The predicted molar refractivity (Wildman–Crippen MR) is 104 cm³/mol. The number of allylic oxidation sites excluding steroid dienone is 3. The Morgan fingerprint density at radius 3 is 2.63 bits per heavy atom. The van der Waals surface area contributed by atoms with Crippen molar-refractivity contribution < 1.29 is 24.2 Å². The van der Waals surface area contributed by atoms with Crippen LogP contribution in [0, 0.1) is 5.92 Å². The van der Waals surface area contributed by atoms with Crippen molar-refractivity contribution in [3.05, 3.63) is 35.5 Å². The summed E-state index contributed by atoms with van der Waals surface area (Å²) in [6.07, 6.45) is 7.17. The van der Waals surface area contributed by atoms with E-state index in [9.17, 15) is 14.7 Å². The lowest BCUT2D eigenvalue weighted by Gasteiger charge is -2.40. The molecule has 1 heterocycles. The van der Waals surface area contributed by atoms with Crippen LogP contribution in [0.1, 0.15) is 66.2 Å². The summed E-state index contributed by atoms with van der Waals surface area (Å²) in [5, 5.41) is 11.0. The van der Waals surface area contributed by atoms with Gasteiger partial charge in [-0.25, -0.2) is 4.79 Å². The summed E-state index contributed by atoms with van der Waals surface area (Å²) < 4.78 is 11.1. The van der Waals surface area contributed by atoms with E-state index in [2.05, 4.69) is 25.7 Å². The molecule has 5 nitrogen and oxygen atoms in total. The molecule has 1 aliphatic carbocycles. The Morgan fingerprint density at radius 2 is 1.96 bits per heavy atom. The highest BCUT2D eigenvalue weighted by atomic mass is 16.6. The number of carbonyl (C=O) groups is 2. The minimum absolute atomic E-state index is 0.309. The largest absolute Gasteiger partial charge is 0.462 e. The number of rotatable bonds is 1. The van der Waals surface area contributed by atoms with Gasteiger partial charge in [0.25, 0.3) is 0 Å². The lowest BCUT2D eigenvalue weighted by molar-refractivity contribution is -0.174. The van der Waals surface area contributed by atoms with E-state index in [0.29, 0.717) is 31.3 Å². The Balaban J connectivity index is 2.38. The normalized spacial score (nSPS) is 37.1. The third-order valence-corrected chi connectivity index (χ3v) is 5.58. The van der Waals surface area contributed by atoms with Gasteiger partial charge in [0.1, 0.15) is 12.2 Å². The summed E-state index contributed by atoms with van der Waals surface area (Å²) in [6.45, 7) is 11.1. The van der Waals surface area contributed by atoms with Gasteiger partial charge in [-0.1, -0.05) is 29.9 Å². The molecule has 2 bridgehead atoms. The summed E-state index contributed by atoms with van der Waals surface area (Å²) >= 11 is 0. The average Bonchev–Trinajstić information content (AvgIpc) is 2.55. The van der Waals surface area contributed by atoms with Gasteiger partial charge in [0.2, 0.25) is 0 Å². The van der Waals surface area contributed by atoms with Gasteiger partial charge in [-0.15, -0.1) is 0 Å². The van der Waals surface area contributed by atoms with Crippen molar-refractivity contribution in [1.82, 2.24) is 0 Å². The molecule has 2 rings (SSSR count). The lowest BCUT2D eigenvalue weighted by atomic mass is 9.78. The van der Waals surface area contributed by atoms with Crippen LogP contribution in [0.3, 0.4) is 0 Å². The maximum atomic E-state index is 12.4. The van der Waals surface area contributed by atoms with Crippen LogP contribution < -0.4 is 0 Å². The summed E-state index contributed by atoms with van der Waals surface area (Å²) in [6, 6.07) is 0. The molecule has 0 spiro atoms. The van der Waals surface area contributed by atoms with Crippen LogP contribution in [-0.4, -0.2) is 34.9 Å². The second kappa shape index (κ2) is 8.87. The fourth-order valence-corrected chi connectivity index (χ4v) is 3.83. The molecule has 4 atom stereocenters. The smallest absolute Gasteiger partial charge is 0.334 e. The molecule has 0 aromatic heterocycles. The molecule has 5 heteroatoms. The number of hydrogen-bond acceptors (Lipinski definition) is 5. The summed E-state index contributed by atoms with van der Waals surface area (Å²) in [5.41, 5.74) is 1.54. The maximum Gasteiger partial charge on any atom is 0.334 e. The lowest BCUT2D eigenvalue weighted by Crippen LogP contribution is -2.49. The predicted octanol–water partition coefficient (Wildman–Crippen LogP) is 4.01. The SMILES string of the molecule is C=C1C(=O)O[C@H]2C[C@@H]1[C@H](OC(C)=O)C/C(C)=C/CC/C(C)=C/CC[C@]2(C)O. The first-order valence-corrected chi connectivity index (χ1v) is 9.70. The first-order valence-electron chi connectivity index (χ1n) is 9.70. The first kappa shape index (κ1) is 21.4. The molecule has 1 fully saturated rings. The van der Waals surface area contributed by atoms with E-state index in [4.69, 9.17) is 9.47 Å². The van der Waals surface area contributed by atoms with Gasteiger partial charge in [-0.3, -0.25) is 4.79 Å². The molecule has 0 saturated carbocycles. The van der Waals surface area contributed by atoms with Crippen LogP contribution in [-0.2, 0) is 19.1 Å². The summed E-state index contributed by atoms with van der Waals surface area (Å²) in [5.74, 6) is -1.27. The molecule has 0 radical (unpaired) electrons. The zero-order valence-corrected chi connectivity index (χ0v) is 16.9. The third-order valence-electron chi connectivity index (χ3n) is 5.58. The van der Waals surface area contributed by atoms with Gasteiger partial charge in [-0.2, -0.15) is 0 Å². The molecule has 1 N–H and O–H groups in total. The van der Waals surface area contributed by atoms with Crippen molar-refractivity contribution >= 4 is 11.9 Å². The van der Waals surface area contributed by atoms with Crippen molar-refractivity contribution in [3.63, 3.8) is 0 Å². The fourth-order valence-electron chi connectivity index (χ4n) is 3.83. The van der Waals surface area contributed by atoms with E-state index in [1.807, 2.05) is 6.92 Å². The van der Waals surface area contributed by atoms with E-state index in [0.717, 1.165) is 18.4 Å². The number of ether oxygens (including phenoxy) is 2. The van der Waals surface area contributed by atoms with E-state index >= 15 is 0 Å². The second-order valence-corrected chi connectivity index (χ2v) is 8.15. The van der Waals surface area contributed by atoms with E-state index in [1.165, 1.54) is 12.5 Å². The number of fused-ring (bicyclic) bond motifs is 2. The summed E-state index contributed by atoms with van der Waals surface area (Å²) in [7, 11) is 0. The quantitative estimate of drug-likeness (QED) is 0.425. The first-order chi connectivity index (χ1) is 12.6. The Morgan fingerprint density at radius 1 is 1.30 bits per heavy atom. The highest BCUT2D eigenvalue weighted by Crippen LogP contribution is 2.37. The zero-order chi connectivity index (χ0) is 20.2. The molecule has 150 valence electrons. The topological polar surface area (TPSA) is 72.8 Å². The van der Waals surface area contributed by atoms with Gasteiger partial charge in [-0.05, 0) is 52.9 Å². The van der Waals surface area contributed by atoms with E-state index < -0.39 is 23.8 Å². The van der Waals surface area contributed by atoms with Crippen molar-refractivity contribution in [2.75, 3.05) is 0 Å². The van der Waals surface area contributed by atoms with Crippen LogP contribution in [0.25, 0.3) is 0 Å². The molecule has 0 unspecified atom stereocenters. The van der Waals surface area contributed by atoms with Gasteiger partial charge >= 0.3 is 11.9 Å².